The Labute approximate surface area is 159 Å². The third-order valence-corrected chi connectivity index (χ3v) is 5.51. The van der Waals surface area contributed by atoms with Crippen LogP contribution in [0.15, 0.2) is 58.8 Å². The lowest BCUT2D eigenvalue weighted by Crippen LogP contribution is -2.37. The fraction of sp³-hybridized carbons (Fsp3) is 0.167. The molecule has 0 N–H and O–H groups in total. The summed E-state index contributed by atoms with van der Waals surface area (Å²) in [6.45, 7) is 1.09. The highest BCUT2D eigenvalue weighted by Crippen LogP contribution is 2.31. The van der Waals surface area contributed by atoms with Crippen molar-refractivity contribution >= 4 is 29.3 Å². The summed E-state index contributed by atoms with van der Waals surface area (Å²) in [4.78, 5) is 23.6. The predicted octanol–water partition coefficient (Wildman–Crippen LogP) is 3.27. The number of benzene rings is 1. The summed E-state index contributed by atoms with van der Waals surface area (Å²) in [5.74, 6) is -0.143. The minimum absolute atomic E-state index is 0.143. The second kappa shape index (κ2) is 7.39. The smallest absolute Gasteiger partial charge is 0.274 e. The summed E-state index contributed by atoms with van der Waals surface area (Å²) in [6, 6.07) is 11.0. The van der Waals surface area contributed by atoms with E-state index in [1.165, 1.54) is 18.1 Å². The molecule has 1 aliphatic heterocycles. The van der Waals surface area contributed by atoms with E-state index in [9.17, 15) is 4.79 Å². The number of carbonyl (C=O) groups excluding carboxylic acids is 1. The van der Waals surface area contributed by atoms with Gasteiger partial charge in [0.2, 0.25) is 0 Å². The Balaban J connectivity index is 1.47. The lowest BCUT2D eigenvalue weighted by atomic mass is 10.1. The van der Waals surface area contributed by atoms with Gasteiger partial charge in [-0.1, -0.05) is 35.5 Å². The molecule has 0 saturated carbocycles. The van der Waals surface area contributed by atoms with Crippen LogP contribution in [0.3, 0.4) is 0 Å². The molecule has 0 radical (unpaired) electrons. The third kappa shape index (κ3) is 3.54. The maximum absolute atomic E-state index is 12.7. The Kier molecular flexibility index (Phi) is 4.81. The van der Waals surface area contributed by atoms with E-state index in [2.05, 4.69) is 20.2 Å². The van der Waals surface area contributed by atoms with Crippen LogP contribution in [-0.2, 0) is 13.0 Å². The molecule has 0 saturated heterocycles. The van der Waals surface area contributed by atoms with E-state index in [0.29, 0.717) is 28.8 Å². The molecule has 3 aromatic rings. The number of carbonyl (C=O) groups is 1. The maximum atomic E-state index is 12.7. The average Bonchev–Trinajstić information content (AvgIpc) is 2.69. The number of nitrogens with zero attached hydrogens (tertiary/aromatic N) is 5. The van der Waals surface area contributed by atoms with E-state index in [1.54, 1.807) is 17.0 Å². The van der Waals surface area contributed by atoms with E-state index >= 15 is 0 Å². The first kappa shape index (κ1) is 16.9. The minimum Gasteiger partial charge on any atom is -0.331 e. The molecule has 0 unspecified atom stereocenters. The summed E-state index contributed by atoms with van der Waals surface area (Å²) < 4.78 is 0. The maximum Gasteiger partial charge on any atom is 0.274 e. The SMILES string of the molecule is O=C(c1ccc(Sc2ccccc2Cl)nn1)N1CCc2cncnc2C1. The van der Waals surface area contributed by atoms with Crippen LogP contribution in [-0.4, -0.2) is 37.5 Å². The van der Waals surface area contributed by atoms with Gasteiger partial charge in [-0.2, -0.15) is 0 Å². The molecule has 3 heterocycles. The van der Waals surface area contributed by atoms with Crippen molar-refractivity contribution in [3.8, 4) is 0 Å². The van der Waals surface area contributed by atoms with Crippen molar-refractivity contribution in [2.75, 3.05) is 6.54 Å². The van der Waals surface area contributed by atoms with Gasteiger partial charge in [-0.15, -0.1) is 10.2 Å². The number of fused-ring (bicyclic) bond motifs is 1. The van der Waals surface area contributed by atoms with Crippen molar-refractivity contribution < 1.29 is 4.79 Å². The molecule has 4 rings (SSSR count). The van der Waals surface area contributed by atoms with E-state index in [-0.39, 0.29) is 5.91 Å². The number of aromatic nitrogens is 4. The Morgan fingerprint density at radius 2 is 2.04 bits per heavy atom. The standard InChI is InChI=1S/C18H14ClN5OS/c19-13-3-1-2-4-16(13)26-17-6-5-14(22-23-17)18(25)24-8-7-12-9-20-11-21-15(12)10-24/h1-6,9,11H,7-8,10H2. The quantitative estimate of drug-likeness (QED) is 0.691. The molecule has 1 amide bonds. The summed E-state index contributed by atoms with van der Waals surface area (Å²) in [5.41, 5.74) is 2.30. The van der Waals surface area contributed by atoms with Gasteiger partial charge < -0.3 is 4.90 Å². The normalized spacial score (nSPS) is 13.3. The van der Waals surface area contributed by atoms with Crippen LogP contribution in [0.5, 0.6) is 0 Å². The van der Waals surface area contributed by atoms with E-state index in [1.807, 2.05) is 30.5 Å². The van der Waals surface area contributed by atoms with Gasteiger partial charge in [-0.3, -0.25) is 4.79 Å². The van der Waals surface area contributed by atoms with Gasteiger partial charge in [0.15, 0.2) is 5.69 Å². The first-order valence-corrected chi connectivity index (χ1v) is 9.23. The second-order valence-electron chi connectivity index (χ2n) is 5.76. The molecular weight excluding hydrogens is 370 g/mol. The van der Waals surface area contributed by atoms with Gasteiger partial charge in [0, 0.05) is 17.6 Å². The largest absolute Gasteiger partial charge is 0.331 e. The van der Waals surface area contributed by atoms with Crippen molar-refractivity contribution in [1.82, 2.24) is 25.1 Å². The zero-order valence-corrected chi connectivity index (χ0v) is 15.2. The van der Waals surface area contributed by atoms with Crippen molar-refractivity contribution in [2.45, 2.75) is 22.9 Å². The van der Waals surface area contributed by atoms with Crippen molar-refractivity contribution in [3.63, 3.8) is 0 Å². The van der Waals surface area contributed by atoms with Crippen LogP contribution < -0.4 is 0 Å². The van der Waals surface area contributed by atoms with Gasteiger partial charge in [0.1, 0.15) is 11.4 Å². The second-order valence-corrected chi connectivity index (χ2v) is 7.23. The molecule has 130 valence electrons. The number of halogens is 1. The molecule has 0 bridgehead atoms. The highest BCUT2D eigenvalue weighted by molar-refractivity contribution is 7.99. The summed E-state index contributed by atoms with van der Waals surface area (Å²) in [5, 5.41) is 9.60. The van der Waals surface area contributed by atoms with Crippen molar-refractivity contribution in [1.29, 1.82) is 0 Å². The number of hydrogen-bond acceptors (Lipinski definition) is 6. The van der Waals surface area contributed by atoms with Crippen molar-refractivity contribution in [2.24, 2.45) is 0 Å². The predicted molar refractivity (Wildman–Crippen MR) is 98.1 cm³/mol. The zero-order chi connectivity index (χ0) is 17.9. The summed E-state index contributed by atoms with van der Waals surface area (Å²) >= 11 is 7.57. The lowest BCUT2D eigenvalue weighted by molar-refractivity contribution is 0.0724. The molecular formula is C18H14ClN5OS. The molecule has 0 aliphatic carbocycles. The molecule has 26 heavy (non-hydrogen) atoms. The first-order chi connectivity index (χ1) is 12.7. The van der Waals surface area contributed by atoms with Crippen LogP contribution in [0.25, 0.3) is 0 Å². The zero-order valence-electron chi connectivity index (χ0n) is 13.7. The van der Waals surface area contributed by atoms with Gasteiger partial charge >= 0.3 is 0 Å². The molecule has 0 fully saturated rings. The highest BCUT2D eigenvalue weighted by atomic mass is 35.5. The number of hydrogen-bond donors (Lipinski definition) is 0. The molecule has 1 aromatic carbocycles. The number of amides is 1. The fourth-order valence-corrected chi connectivity index (χ4v) is 3.72. The molecule has 0 spiro atoms. The van der Waals surface area contributed by atoms with Crippen LogP contribution >= 0.6 is 23.4 Å². The van der Waals surface area contributed by atoms with Crippen LogP contribution in [0, 0.1) is 0 Å². The number of rotatable bonds is 3. The molecule has 2 aromatic heterocycles. The Hall–Kier alpha value is -2.51. The van der Waals surface area contributed by atoms with E-state index in [4.69, 9.17) is 11.6 Å². The molecule has 8 heteroatoms. The van der Waals surface area contributed by atoms with Crippen LogP contribution in [0.4, 0.5) is 0 Å². The Morgan fingerprint density at radius 3 is 2.85 bits per heavy atom. The van der Waals surface area contributed by atoms with E-state index in [0.717, 1.165) is 22.6 Å². The van der Waals surface area contributed by atoms with E-state index < -0.39 is 0 Å². The highest BCUT2D eigenvalue weighted by Gasteiger charge is 2.23. The van der Waals surface area contributed by atoms with Gasteiger partial charge in [-0.25, -0.2) is 9.97 Å². The van der Waals surface area contributed by atoms with Crippen LogP contribution in [0.2, 0.25) is 5.02 Å². The lowest BCUT2D eigenvalue weighted by Gasteiger charge is -2.27. The molecule has 1 aliphatic rings. The van der Waals surface area contributed by atoms with Gasteiger partial charge in [-0.05, 0) is 36.2 Å². The van der Waals surface area contributed by atoms with Crippen LogP contribution in [0.1, 0.15) is 21.7 Å². The third-order valence-electron chi connectivity index (χ3n) is 4.07. The fourth-order valence-electron chi connectivity index (χ4n) is 2.71. The minimum atomic E-state index is -0.143. The Morgan fingerprint density at radius 1 is 1.15 bits per heavy atom. The van der Waals surface area contributed by atoms with Crippen molar-refractivity contribution in [3.05, 3.63) is 70.9 Å². The molecule has 0 atom stereocenters. The summed E-state index contributed by atoms with van der Waals surface area (Å²) in [6.07, 6.45) is 4.06. The summed E-state index contributed by atoms with van der Waals surface area (Å²) in [7, 11) is 0. The van der Waals surface area contributed by atoms with Gasteiger partial charge in [0.05, 0.1) is 17.3 Å². The topological polar surface area (TPSA) is 71.9 Å². The average molecular weight is 384 g/mol. The monoisotopic (exact) mass is 383 g/mol. The molecule has 6 nitrogen and oxygen atoms in total. The Bertz CT molecular complexity index is 950. The van der Waals surface area contributed by atoms with Gasteiger partial charge in [0.25, 0.3) is 5.91 Å². The first-order valence-electron chi connectivity index (χ1n) is 8.04.